The summed E-state index contributed by atoms with van der Waals surface area (Å²) in [5, 5.41) is 9.62. The highest BCUT2D eigenvalue weighted by atomic mass is 32.2. The fourth-order valence-electron chi connectivity index (χ4n) is 2.94. The first-order chi connectivity index (χ1) is 11.4. The first-order valence-corrected chi connectivity index (χ1v) is 8.85. The zero-order valence-corrected chi connectivity index (χ0v) is 13.9. The molecule has 126 valence electrons. The molecule has 1 atom stereocenters. The molecule has 0 amide bonds. The van der Waals surface area contributed by atoms with Crippen molar-refractivity contribution in [3.8, 4) is 5.75 Å². The van der Waals surface area contributed by atoms with Crippen LogP contribution in [0.5, 0.6) is 5.75 Å². The van der Waals surface area contributed by atoms with Gasteiger partial charge in [-0.05, 0) is 41.8 Å². The third-order valence-corrected chi connectivity index (χ3v) is 6.02. The van der Waals surface area contributed by atoms with Crippen molar-refractivity contribution in [2.24, 2.45) is 0 Å². The van der Waals surface area contributed by atoms with E-state index in [-0.39, 0.29) is 11.4 Å². The van der Waals surface area contributed by atoms with Crippen LogP contribution in [0.15, 0.2) is 53.4 Å². The summed E-state index contributed by atoms with van der Waals surface area (Å²) in [6.45, 7) is 0.127. The first-order valence-electron chi connectivity index (χ1n) is 7.41. The van der Waals surface area contributed by atoms with E-state index in [4.69, 9.17) is 4.74 Å². The van der Waals surface area contributed by atoms with Gasteiger partial charge < -0.3 is 9.84 Å². The Morgan fingerprint density at radius 2 is 1.83 bits per heavy atom. The molecule has 0 bridgehead atoms. The highest BCUT2D eigenvalue weighted by Gasteiger charge is 2.40. The van der Waals surface area contributed by atoms with E-state index >= 15 is 0 Å². The number of ether oxygens (including phenoxy) is 1. The lowest BCUT2D eigenvalue weighted by Gasteiger charge is -2.33. The van der Waals surface area contributed by atoms with Crippen LogP contribution in [0.25, 0.3) is 0 Å². The Kier molecular flexibility index (Phi) is 4.29. The van der Waals surface area contributed by atoms with Crippen molar-refractivity contribution in [2.45, 2.75) is 17.4 Å². The van der Waals surface area contributed by atoms with Crippen LogP contribution in [0.3, 0.4) is 0 Å². The third kappa shape index (κ3) is 2.76. The summed E-state index contributed by atoms with van der Waals surface area (Å²) in [6, 6.07) is 11.8. The van der Waals surface area contributed by atoms with Gasteiger partial charge in [0.05, 0.1) is 12.0 Å². The second-order valence-electron chi connectivity index (χ2n) is 5.48. The molecular weight excluding hydrogens is 330 g/mol. The van der Waals surface area contributed by atoms with Gasteiger partial charge in [0.15, 0.2) is 0 Å². The molecule has 2 aromatic rings. The van der Waals surface area contributed by atoms with Crippen LogP contribution in [0.2, 0.25) is 0 Å². The van der Waals surface area contributed by atoms with Gasteiger partial charge in [0, 0.05) is 6.54 Å². The number of rotatable bonds is 4. The second-order valence-corrected chi connectivity index (χ2v) is 7.37. The Bertz CT molecular complexity index is 861. The quantitative estimate of drug-likeness (QED) is 0.915. The number of benzene rings is 2. The molecular formula is C17H17NO5S. The van der Waals surface area contributed by atoms with E-state index in [1.54, 1.807) is 24.3 Å². The first kappa shape index (κ1) is 16.5. The minimum Gasteiger partial charge on any atom is -0.497 e. The largest absolute Gasteiger partial charge is 0.497 e. The van der Waals surface area contributed by atoms with Crippen molar-refractivity contribution in [3.63, 3.8) is 0 Å². The lowest BCUT2D eigenvalue weighted by molar-refractivity contribution is -0.142. The molecule has 6 nitrogen and oxygen atoms in total. The zero-order valence-electron chi connectivity index (χ0n) is 13.0. The maximum Gasteiger partial charge on any atom is 0.326 e. The Morgan fingerprint density at radius 1 is 1.17 bits per heavy atom. The molecule has 24 heavy (non-hydrogen) atoms. The molecule has 1 aliphatic heterocycles. The Hall–Kier alpha value is -2.38. The second kappa shape index (κ2) is 6.26. The lowest BCUT2D eigenvalue weighted by Crippen LogP contribution is -2.43. The Labute approximate surface area is 140 Å². The standard InChI is InChI=1S/C17H17NO5S/c1-23-13-6-8-14(9-7-13)24(21,22)18-11-10-12-4-2-3-5-15(12)16(18)17(19)20/h2-9,16H,10-11H2,1H3,(H,19,20)/t16-/m0/s1. The number of nitrogens with zero attached hydrogens (tertiary/aromatic N) is 1. The molecule has 2 aromatic carbocycles. The summed E-state index contributed by atoms with van der Waals surface area (Å²) in [4.78, 5) is 11.8. The summed E-state index contributed by atoms with van der Waals surface area (Å²) in [5.74, 6) is -0.646. The molecule has 0 spiro atoms. The molecule has 1 heterocycles. The van der Waals surface area contributed by atoms with Crippen molar-refractivity contribution in [1.29, 1.82) is 0 Å². The highest BCUT2D eigenvalue weighted by molar-refractivity contribution is 7.89. The predicted molar refractivity (Wildman–Crippen MR) is 87.4 cm³/mol. The van der Waals surface area contributed by atoms with E-state index in [1.807, 2.05) is 12.1 Å². The topological polar surface area (TPSA) is 83.9 Å². The number of fused-ring (bicyclic) bond motifs is 1. The summed E-state index contributed by atoms with van der Waals surface area (Å²) in [6.07, 6.45) is 0.481. The van der Waals surface area contributed by atoms with Crippen LogP contribution in [0.4, 0.5) is 0 Å². The van der Waals surface area contributed by atoms with Gasteiger partial charge in [0.25, 0.3) is 0 Å². The van der Waals surface area contributed by atoms with Crippen LogP contribution >= 0.6 is 0 Å². The average molecular weight is 347 g/mol. The molecule has 3 rings (SSSR count). The van der Waals surface area contributed by atoms with Gasteiger partial charge in [-0.15, -0.1) is 0 Å². The minimum absolute atomic E-state index is 0.0499. The van der Waals surface area contributed by atoms with Gasteiger partial charge in [-0.3, -0.25) is 4.79 Å². The molecule has 0 saturated carbocycles. The summed E-state index contributed by atoms with van der Waals surface area (Å²) in [7, 11) is -2.44. The van der Waals surface area contributed by atoms with Crippen molar-refractivity contribution < 1.29 is 23.1 Å². The number of methoxy groups -OCH3 is 1. The molecule has 0 aliphatic carbocycles. The molecule has 0 unspecified atom stereocenters. The highest BCUT2D eigenvalue weighted by Crippen LogP contribution is 2.34. The predicted octanol–water partition coefficient (Wildman–Crippen LogP) is 2.07. The molecule has 0 fully saturated rings. The van der Waals surface area contributed by atoms with Crippen LogP contribution in [-0.4, -0.2) is 37.5 Å². The maximum absolute atomic E-state index is 12.9. The fraction of sp³-hybridized carbons (Fsp3) is 0.235. The number of carboxylic acid groups (broad SMARTS) is 1. The number of hydrogen-bond donors (Lipinski definition) is 1. The SMILES string of the molecule is COc1ccc(S(=O)(=O)N2CCc3ccccc3[C@H]2C(=O)O)cc1. The van der Waals surface area contributed by atoms with Gasteiger partial charge >= 0.3 is 5.97 Å². The monoisotopic (exact) mass is 347 g/mol. The van der Waals surface area contributed by atoms with Gasteiger partial charge in [-0.2, -0.15) is 4.31 Å². The number of sulfonamides is 1. The minimum atomic E-state index is -3.93. The van der Waals surface area contributed by atoms with E-state index in [0.717, 1.165) is 9.87 Å². The number of carbonyl (C=O) groups is 1. The third-order valence-electron chi connectivity index (χ3n) is 4.14. The van der Waals surface area contributed by atoms with Crippen molar-refractivity contribution in [2.75, 3.05) is 13.7 Å². The van der Waals surface area contributed by atoms with Crippen LogP contribution in [-0.2, 0) is 21.2 Å². The smallest absolute Gasteiger partial charge is 0.326 e. The normalized spacial score (nSPS) is 18.0. The lowest BCUT2D eigenvalue weighted by atomic mass is 9.94. The molecule has 7 heteroatoms. The van der Waals surface area contributed by atoms with Crippen molar-refractivity contribution in [1.82, 2.24) is 4.31 Å². The maximum atomic E-state index is 12.9. The van der Waals surface area contributed by atoms with Crippen LogP contribution in [0.1, 0.15) is 17.2 Å². The van der Waals surface area contributed by atoms with Crippen molar-refractivity contribution >= 4 is 16.0 Å². The Morgan fingerprint density at radius 3 is 2.46 bits per heavy atom. The van der Waals surface area contributed by atoms with Gasteiger partial charge in [0.1, 0.15) is 11.8 Å². The fourth-order valence-corrected chi connectivity index (χ4v) is 4.51. The van der Waals surface area contributed by atoms with E-state index in [9.17, 15) is 18.3 Å². The summed E-state index contributed by atoms with van der Waals surface area (Å²) >= 11 is 0. The van der Waals surface area contributed by atoms with Crippen LogP contribution < -0.4 is 4.74 Å². The summed E-state index contributed by atoms with van der Waals surface area (Å²) in [5.41, 5.74) is 1.39. The van der Waals surface area contributed by atoms with Crippen molar-refractivity contribution in [3.05, 3.63) is 59.7 Å². The average Bonchev–Trinajstić information content (AvgIpc) is 2.60. The number of aliphatic carboxylic acids is 1. The molecule has 1 N–H and O–H groups in total. The summed E-state index contributed by atoms with van der Waals surface area (Å²) < 4.78 is 32.0. The van der Waals surface area contributed by atoms with Gasteiger partial charge in [-0.1, -0.05) is 24.3 Å². The zero-order chi connectivity index (χ0) is 17.3. The van der Waals surface area contributed by atoms with E-state index in [2.05, 4.69) is 0 Å². The molecule has 0 aromatic heterocycles. The van der Waals surface area contributed by atoms with E-state index in [1.165, 1.54) is 19.2 Å². The van der Waals surface area contributed by atoms with Crippen LogP contribution in [0, 0.1) is 0 Å². The van der Waals surface area contributed by atoms with Gasteiger partial charge in [0.2, 0.25) is 10.0 Å². The Balaban J connectivity index is 2.05. The molecule has 0 saturated heterocycles. The van der Waals surface area contributed by atoms with E-state index < -0.39 is 22.0 Å². The molecule has 1 aliphatic rings. The number of hydrogen-bond acceptors (Lipinski definition) is 4. The van der Waals surface area contributed by atoms with E-state index in [0.29, 0.717) is 17.7 Å². The molecule has 0 radical (unpaired) electrons. The van der Waals surface area contributed by atoms with Gasteiger partial charge in [-0.25, -0.2) is 8.42 Å². The number of carboxylic acids is 1.